The van der Waals surface area contributed by atoms with Crippen molar-refractivity contribution in [1.82, 2.24) is 9.80 Å². The summed E-state index contributed by atoms with van der Waals surface area (Å²) in [5.74, 6) is 0.0105. The minimum atomic E-state index is -0.578. The van der Waals surface area contributed by atoms with Gasteiger partial charge < -0.3 is 15.4 Å². The number of hydrogen-bond donors (Lipinski definition) is 1. The molecule has 1 heterocycles. The van der Waals surface area contributed by atoms with E-state index in [1.807, 2.05) is 35.2 Å². The second kappa shape index (κ2) is 7.72. The van der Waals surface area contributed by atoms with Crippen LogP contribution in [0.3, 0.4) is 0 Å². The fourth-order valence-corrected chi connectivity index (χ4v) is 3.17. The maximum atomic E-state index is 12.7. The van der Waals surface area contributed by atoms with Crippen LogP contribution in [0.2, 0.25) is 0 Å². The Morgan fingerprint density at radius 1 is 1.27 bits per heavy atom. The summed E-state index contributed by atoms with van der Waals surface area (Å²) < 4.78 is 5.17. The number of benzene rings is 1. The first-order valence-electron chi connectivity index (χ1n) is 7.88. The van der Waals surface area contributed by atoms with Gasteiger partial charge in [-0.25, -0.2) is 0 Å². The van der Waals surface area contributed by atoms with E-state index in [-0.39, 0.29) is 5.91 Å². The first kappa shape index (κ1) is 16.9. The molecule has 22 heavy (non-hydrogen) atoms. The van der Waals surface area contributed by atoms with Crippen LogP contribution in [0.1, 0.15) is 25.5 Å². The van der Waals surface area contributed by atoms with Crippen LogP contribution in [0.15, 0.2) is 30.3 Å². The summed E-state index contributed by atoms with van der Waals surface area (Å²) in [5, 5.41) is 0. The van der Waals surface area contributed by atoms with E-state index >= 15 is 0 Å². The Morgan fingerprint density at radius 3 is 2.41 bits per heavy atom. The lowest BCUT2D eigenvalue weighted by Crippen LogP contribution is -2.59. The number of carbonyl (C=O) groups excluding carboxylic acids is 1. The number of hydrogen-bond acceptors (Lipinski definition) is 4. The van der Waals surface area contributed by atoms with Crippen LogP contribution in [-0.4, -0.2) is 61.1 Å². The van der Waals surface area contributed by atoms with Crippen LogP contribution >= 0.6 is 0 Å². The van der Waals surface area contributed by atoms with E-state index in [1.165, 1.54) is 0 Å². The summed E-state index contributed by atoms with van der Waals surface area (Å²) in [4.78, 5) is 17.0. The fourth-order valence-electron chi connectivity index (χ4n) is 3.17. The summed E-state index contributed by atoms with van der Waals surface area (Å²) in [6, 6.07) is 9.61. The molecule has 0 unspecified atom stereocenters. The van der Waals surface area contributed by atoms with Crippen molar-refractivity contribution in [3.8, 4) is 0 Å². The van der Waals surface area contributed by atoms with Crippen LogP contribution in [0.5, 0.6) is 0 Å². The largest absolute Gasteiger partial charge is 0.383 e. The first-order chi connectivity index (χ1) is 10.5. The summed E-state index contributed by atoms with van der Waals surface area (Å²) in [6.07, 6.45) is 0. The van der Waals surface area contributed by atoms with E-state index in [0.29, 0.717) is 31.8 Å². The summed E-state index contributed by atoms with van der Waals surface area (Å²) in [6.45, 7) is 7.35. The molecule has 1 amide bonds. The van der Waals surface area contributed by atoms with Crippen LogP contribution in [0.25, 0.3) is 0 Å². The van der Waals surface area contributed by atoms with E-state index in [0.717, 1.165) is 12.1 Å². The Morgan fingerprint density at radius 2 is 1.86 bits per heavy atom. The molecule has 0 saturated carbocycles. The van der Waals surface area contributed by atoms with Gasteiger partial charge in [0.1, 0.15) is 6.04 Å². The van der Waals surface area contributed by atoms with Crippen molar-refractivity contribution in [1.29, 1.82) is 0 Å². The van der Waals surface area contributed by atoms with Crippen LogP contribution in [0, 0.1) is 0 Å². The number of nitrogens with zero attached hydrogens (tertiary/aromatic N) is 2. The molecule has 0 aromatic heterocycles. The average molecular weight is 305 g/mol. The number of amides is 1. The van der Waals surface area contributed by atoms with Crippen LogP contribution in [0.4, 0.5) is 0 Å². The molecule has 1 fully saturated rings. The summed E-state index contributed by atoms with van der Waals surface area (Å²) in [7, 11) is 1.72. The van der Waals surface area contributed by atoms with Gasteiger partial charge in [-0.1, -0.05) is 30.3 Å². The Bertz CT molecular complexity index is 468. The quantitative estimate of drug-likeness (QED) is 0.889. The number of carbonyl (C=O) groups is 1. The molecule has 1 aromatic rings. The van der Waals surface area contributed by atoms with E-state index in [4.69, 9.17) is 10.5 Å². The predicted molar refractivity (Wildman–Crippen MR) is 87.5 cm³/mol. The zero-order valence-electron chi connectivity index (χ0n) is 13.7. The Hall–Kier alpha value is -1.43. The third-order valence-corrected chi connectivity index (χ3v) is 4.39. The maximum absolute atomic E-state index is 12.7. The molecular weight excluding hydrogens is 278 g/mol. The number of ether oxygens (including phenoxy) is 1. The molecule has 5 heteroatoms. The Balaban J connectivity index is 2.00. The van der Waals surface area contributed by atoms with Crippen LogP contribution < -0.4 is 5.73 Å². The number of methoxy groups -OCH3 is 1. The van der Waals surface area contributed by atoms with Gasteiger partial charge in [0.15, 0.2) is 0 Å². The highest BCUT2D eigenvalue weighted by Gasteiger charge is 2.33. The molecule has 0 aliphatic carbocycles. The molecule has 0 radical (unpaired) electrons. The third-order valence-electron chi connectivity index (χ3n) is 4.39. The number of piperazine rings is 1. The number of nitrogens with two attached hydrogens (primary N) is 1. The van der Waals surface area contributed by atoms with Crippen molar-refractivity contribution in [2.24, 2.45) is 5.73 Å². The van der Waals surface area contributed by atoms with E-state index in [1.54, 1.807) is 7.11 Å². The van der Waals surface area contributed by atoms with E-state index in [2.05, 4.69) is 18.7 Å². The van der Waals surface area contributed by atoms with Crippen molar-refractivity contribution in [2.45, 2.75) is 32.0 Å². The van der Waals surface area contributed by atoms with Crippen molar-refractivity contribution in [2.75, 3.05) is 33.4 Å². The highest BCUT2D eigenvalue weighted by atomic mass is 16.5. The zero-order chi connectivity index (χ0) is 16.1. The molecule has 1 aliphatic rings. The lowest BCUT2D eigenvalue weighted by atomic mass is 10.0. The fraction of sp³-hybridized carbons (Fsp3) is 0.588. The van der Waals surface area contributed by atoms with Crippen LogP contribution in [-0.2, 0) is 9.53 Å². The monoisotopic (exact) mass is 305 g/mol. The maximum Gasteiger partial charge on any atom is 0.244 e. The van der Waals surface area contributed by atoms with E-state index < -0.39 is 6.04 Å². The first-order valence-corrected chi connectivity index (χ1v) is 7.88. The van der Waals surface area contributed by atoms with Gasteiger partial charge in [-0.05, 0) is 19.4 Å². The second-order valence-corrected chi connectivity index (χ2v) is 6.06. The molecule has 2 rings (SSSR count). The zero-order valence-corrected chi connectivity index (χ0v) is 13.7. The Labute approximate surface area is 133 Å². The average Bonchev–Trinajstić information content (AvgIpc) is 2.53. The van der Waals surface area contributed by atoms with Gasteiger partial charge >= 0.3 is 0 Å². The van der Waals surface area contributed by atoms with Gasteiger partial charge in [0, 0.05) is 38.8 Å². The molecule has 1 saturated heterocycles. The van der Waals surface area contributed by atoms with Gasteiger partial charge in [-0.2, -0.15) is 0 Å². The van der Waals surface area contributed by atoms with Gasteiger partial charge in [0.25, 0.3) is 0 Å². The van der Waals surface area contributed by atoms with E-state index in [9.17, 15) is 4.79 Å². The van der Waals surface area contributed by atoms with Crippen molar-refractivity contribution in [3.05, 3.63) is 35.9 Å². The Kier molecular flexibility index (Phi) is 5.94. The minimum Gasteiger partial charge on any atom is -0.383 e. The highest BCUT2D eigenvalue weighted by molar-refractivity contribution is 5.83. The van der Waals surface area contributed by atoms with Gasteiger partial charge in [-0.15, -0.1) is 0 Å². The normalized spacial score (nSPS) is 24.3. The summed E-state index contributed by atoms with van der Waals surface area (Å²) in [5.41, 5.74) is 7.02. The summed E-state index contributed by atoms with van der Waals surface area (Å²) >= 11 is 0. The lowest BCUT2D eigenvalue weighted by molar-refractivity contribution is -0.137. The molecular formula is C17H27N3O2. The molecule has 0 bridgehead atoms. The second-order valence-electron chi connectivity index (χ2n) is 6.06. The van der Waals surface area contributed by atoms with Crippen molar-refractivity contribution >= 4 is 5.91 Å². The molecule has 0 spiro atoms. The minimum absolute atomic E-state index is 0.0105. The molecule has 122 valence electrons. The standard InChI is InChI=1S/C17H27N3O2/c1-13-11-19(12-14(2)20(13)9-10-22-3)17(21)16(18)15-7-5-4-6-8-15/h4-8,13-14,16H,9-12,18H2,1-3H3/t13-,14-,16+/m1/s1. The molecule has 3 atom stereocenters. The lowest BCUT2D eigenvalue weighted by Gasteiger charge is -2.45. The van der Waals surface area contributed by atoms with Gasteiger partial charge in [0.2, 0.25) is 5.91 Å². The third kappa shape index (κ3) is 3.85. The van der Waals surface area contributed by atoms with Gasteiger partial charge in [-0.3, -0.25) is 9.69 Å². The predicted octanol–water partition coefficient (Wildman–Crippen LogP) is 1.25. The highest BCUT2D eigenvalue weighted by Crippen LogP contribution is 2.19. The molecule has 2 N–H and O–H groups in total. The van der Waals surface area contributed by atoms with Crippen molar-refractivity contribution < 1.29 is 9.53 Å². The van der Waals surface area contributed by atoms with Crippen molar-refractivity contribution in [3.63, 3.8) is 0 Å². The topological polar surface area (TPSA) is 58.8 Å². The molecule has 5 nitrogen and oxygen atoms in total. The number of rotatable bonds is 5. The molecule has 1 aromatic carbocycles. The smallest absolute Gasteiger partial charge is 0.244 e. The SMILES string of the molecule is COCCN1[C@H](C)CN(C(=O)[C@@H](N)c2ccccc2)C[C@H]1C. The van der Waals surface area contributed by atoms with Gasteiger partial charge in [0.05, 0.1) is 6.61 Å². The molecule has 1 aliphatic heterocycles.